The molecule has 0 aromatic heterocycles. The average Bonchev–Trinajstić information content (AvgIpc) is 3.40. The van der Waals surface area contributed by atoms with Crippen LogP contribution in [0.5, 0.6) is 0 Å². The van der Waals surface area contributed by atoms with Crippen molar-refractivity contribution in [3.05, 3.63) is 60.8 Å². The van der Waals surface area contributed by atoms with Crippen molar-refractivity contribution < 1.29 is 15.0 Å². The number of carbonyl (C=O) groups is 1. The lowest BCUT2D eigenvalue weighted by Crippen LogP contribution is -2.45. The Morgan fingerprint density at radius 1 is 0.342 bits per heavy atom. The summed E-state index contributed by atoms with van der Waals surface area (Å²) in [5.74, 6) is -0.0244. The van der Waals surface area contributed by atoms with E-state index in [1.807, 2.05) is 0 Å². The molecule has 0 radical (unpaired) electrons. The van der Waals surface area contributed by atoms with E-state index in [1.165, 1.54) is 270 Å². The van der Waals surface area contributed by atoms with E-state index in [9.17, 15) is 15.0 Å². The van der Waals surface area contributed by atoms with Crippen molar-refractivity contribution in [3.63, 3.8) is 0 Å². The maximum absolute atomic E-state index is 12.5. The van der Waals surface area contributed by atoms with Gasteiger partial charge in [-0.25, -0.2) is 0 Å². The average molecular weight is 1020 g/mol. The molecule has 0 saturated heterocycles. The van der Waals surface area contributed by atoms with E-state index in [0.717, 1.165) is 57.8 Å². The van der Waals surface area contributed by atoms with Crippen LogP contribution in [0.15, 0.2) is 60.8 Å². The summed E-state index contributed by atoms with van der Waals surface area (Å²) in [5, 5.41) is 23.4. The Balaban J connectivity index is 3.40. The van der Waals surface area contributed by atoms with Gasteiger partial charge in [0.25, 0.3) is 0 Å². The number of rotatable bonds is 61. The van der Waals surface area contributed by atoms with E-state index in [1.54, 1.807) is 0 Å². The highest BCUT2D eigenvalue weighted by molar-refractivity contribution is 5.76. The molecule has 0 fully saturated rings. The molecule has 0 spiro atoms. The fraction of sp³-hybridized carbons (Fsp3) is 0.841. The van der Waals surface area contributed by atoms with E-state index in [0.29, 0.717) is 12.8 Å². The maximum atomic E-state index is 12.5. The van der Waals surface area contributed by atoms with Crippen molar-refractivity contribution in [1.82, 2.24) is 5.32 Å². The number of carbonyl (C=O) groups excluding carboxylic acids is 1. The van der Waals surface area contributed by atoms with Gasteiger partial charge >= 0.3 is 0 Å². The fourth-order valence-electron chi connectivity index (χ4n) is 10.3. The molecule has 0 aliphatic rings. The Bertz CT molecular complexity index is 1200. The van der Waals surface area contributed by atoms with Gasteiger partial charge in [0.2, 0.25) is 5.91 Å². The van der Waals surface area contributed by atoms with Gasteiger partial charge in [0.05, 0.1) is 18.8 Å². The summed E-state index contributed by atoms with van der Waals surface area (Å²) in [6.07, 6.45) is 91.2. The number of hydrogen-bond acceptors (Lipinski definition) is 3. The van der Waals surface area contributed by atoms with Crippen LogP contribution in [0.3, 0.4) is 0 Å². The molecule has 0 aromatic rings. The molecular formula is C69H129NO3. The Morgan fingerprint density at radius 2 is 0.603 bits per heavy atom. The highest BCUT2D eigenvalue weighted by Crippen LogP contribution is 2.19. The maximum Gasteiger partial charge on any atom is 0.220 e. The second kappa shape index (κ2) is 64.4. The zero-order valence-electron chi connectivity index (χ0n) is 49.4. The van der Waals surface area contributed by atoms with Crippen LogP contribution in [0.25, 0.3) is 0 Å². The third-order valence-corrected chi connectivity index (χ3v) is 15.3. The van der Waals surface area contributed by atoms with Gasteiger partial charge in [-0.05, 0) is 57.8 Å². The molecule has 2 atom stereocenters. The van der Waals surface area contributed by atoms with Crippen molar-refractivity contribution >= 4 is 5.91 Å². The number of hydrogen-bond donors (Lipinski definition) is 3. The third kappa shape index (κ3) is 60.8. The molecule has 4 heteroatoms. The first-order chi connectivity index (χ1) is 36.2. The smallest absolute Gasteiger partial charge is 0.220 e. The molecule has 1 amide bonds. The minimum absolute atomic E-state index is 0.0244. The number of allylic oxidation sites excluding steroid dienone is 10. The molecule has 0 heterocycles. The molecule has 0 rings (SSSR count). The first kappa shape index (κ1) is 71.1. The van der Waals surface area contributed by atoms with Crippen LogP contribution in [0, 0.1) is 0 Å². The Morgan fingerprint density at radius 3 is 0.904 bits per heavy atom. The van der Waals surface area contributed by atoms with E-state index in [2.05, 4.69) is 79.9 Å². The molecule has 0 aliphatic carbocycles. The summed E-state index contributed by atoms with van der Waals surface area (Å²) >= 11 is 0. The summed E-state index contributed by atoms with van der Waals surface area (Å²) in [5.41, 5.74) is 0. The van der Waals surface area contributed by atoms with Crippen LogP contribution in [-0.4, -0.2) is 34.9 Å². The Labute approximate surface area is 457 Å². The van der Waals surface area contributed by atoms with Crippen LogP contribution in [0.4, 0.5) is 0 Å². The number of nitrogens with one attached hydrogen (secondary N) is 1. The van der Waals surface area contributed by atoms with Gasteiger partial charge in [-0.15, -0.1) is 0 Å². The molecule has 0 bridgehead atoms. The lowest BCUT2D eigenvalue weighted by atomic mass is 10.0. The van der Waals surface area contributed by atoms with Crippen LogP contribution in [-0.2, 0) is 4.79 Å². The molecule has 0 aliphatic heterocycles. The largest absolute Gasteiger partial charge is 0.394 e. The second-order valence-corrected chi connectivity index (χ2v) is 22.5. The van der Waals surface area contributed by atoms with Gasteiger partial charge in [-0.2, -0.15) is 0 Å². The number of aliphatic hydroxyl groups excluding tert-OH is 2. The topological polar surface area (TPSA) is 69.6 Å². The standard InChI is InChI=1S/C69H129NO3/c1-3-5-7-9-11-13-15-17-19-21-23-25-27-28-29-30-31-32-33-34-35-36-37-38-39-40-41-42-43-45-47-49-51-53-55-57-59-61-63-65-69(73)70-67(66-71)68(72)64-62-60-58-56-54-52-50-48-46-44-26-24-22-20-18-16-14-12-10-8-6-4-2/h5,7,11,13,17,19,23,25,28-29,67-68,71-72H,3-4,6,8-10,12,14-16,18,20-22,24,26-27,30-66H2,1-2H3,(H,70,73)/b7-5-,13-11-,19-17-,25-23-,29-28-. The molecule has 0 saturated carbocycles. The Hall–Kier alpha value is -1.91. The minimum Gasteiger partial charge on any atom is -0.394 e. The molecule has 4 nitrogen and oxygen atoms in total. The molecule has 2 unspecified atom stereocenters. The quantitative estimate of drug-likeness (QED) is 0.0420. The van der Waals surface area contributed by atoms with E-state index in [-0.39, 0.29) is 12.5 Å². The summed E-state index contributed by atoms with van der Waals surface area (Å²) in [6, 6.07) is -0.536. The van der Waals surface area contributed by atoms with Gasteiger partial charge in [-0.3, -0.25) is 4.79 Å². The van der Waals surface area contributed by atoms with Gasteiger partial charge in [0.15, 0.2) is 0 Å². The number of unbranched alkanes of at least 4 members (excludes halogenated alkanes) is 44. The second-order valence-electron chi connectivity index (χ2n) is 22.5. The predicted octanol–water partition coefficient (Wildman–Crippen LogP) is 22.3. The van der Waals surface area contributed by atoms with Crippen LogP contribution in [0.2, 0.25) is 0 Å². The number of amides is 1. The summed E-state index contributed by atoms with van der Waals surface area (Å²) < 4.78 is 0. The zero-order valence-corrected chi connectivity index (χ0v) is 49.4. The number of aliphatic hydroxyl groups is 2. The van der Waals surface area contributed by atoms with E-state index >= 15 is 0 Å². The monoisotopic (exact) mass is 1020 g/mol. The third-order valence-electron chi connectivity index (χ3n) is 15.3. The highest BCUT2D eigenvalue weighted by atomic mass is 16.3. The van der Waals surface area contributed by atoms with Crippen molar-refractivity contribution in [2.45, 2.75) is 366 Å². The predicted molar refractivity (Wildman–Crippen MR) is 327 cm³/mol. The van der Waals surface area contributed by atoms with Crippen LogP contribution < -0.4 is 5.32 Å². The van der Waals surface area contributed by atoms with Gasteiger partial charge in [0.1, 0.15) is 0 Å². The fourth-order valence-corrected chi connectivity index (χ4v) is 10.3. The summed E-state index contributed by atoms with van der Waals surface area (Å²) in [7, 11) is 0. The van der Waals surface area contributed by atoms with Crippen molar-refractivity contribution in [3.8, 4) is 0 Å². The lowest BCUT2D eigenvalue weighted by Gasteiger charge is -2.22. The SMILES string of the molecule is CC/C=C\C/C=C\C/C=C\C/C=C\C/C=C\CCCCCCCCCCCCCCCCCCCCCCCCCC(=O)NC(CO)C(O)CCCCCCCCCCCCCCCCCCCCCCCC. The van der Waals surface area contributed by atoms with Crippen molar-refractivity contribution in [2.24, 2.45) is 0 Å². The van der Waals surface area contributed by atoms with Gasteiger partial charge in [0, 0.05) is 6.42 Å². The molecule has 73 heavy (non-hydrogen) atoms. The molecular weight excluding hydrogens is 891 g/mol. The van der Waals surface area contributed by atoms with Gasteiger partial charge in [-0.1, -0.05) is 351 Å². The van der Waals surface area contributed by atoms with Crippen LogP contribution >= 0.6 is 0 Å². The summed E-state index contributed by atoms with van der Waals surface area (Å²) in [4.78, 5) is 12.5. The molecule has 3 N–H and O–H groups in total. The zero-order chi connectivity index (χ0) is 52.7. The summed E-state index contributed by atoms with van der Waals surface area (Å²) in [6.45, 7) is 4.28. The van der Waals surface area contributed by atoms with Crippen LogP contribution in [0.1, 0.15) is 354 Å². The van der Waals surface area contributed by atoms with Crippen molar-refractivity contribution in [1.29, 1.82) is 0 Å². The highest BCUT2D eigenvalue weighted by Gasteiger charge is 2.20. The molecule has 0 aromatic carbocycles. The van der Waals surface area contributed by atoms with Crippen molar-refractivity contribution in [2.75, 3.05) is 6.61 Å². The Kier molecular flexibility index (Phi) is 62.7. The van der Waals surface area contributed by atoms with E-state index < -0.39 is 12.1 Å². The first-order valence-corrected chi connectivity index (χ1v) is 33.0. The first-order valence-electron chi connectivity index (χ1n) is 33.0. The van der Waals surface area contributed by atoms with Gasteiger partial charge < -0.3 is 15.5 Å². The minimum atomic E-state index is -0.660. The normalized spacial score (nSPS) is 13.1. The lowest BCUT2D eigenvalue weighted by molar-refractivity contribution is -0.123. The van der Waals surface area contributed by atoms with E-state index in [4.69, 9.17) is 0 Å². The molecule has 428 valence electrons.